The second-order valence-corrected chi connectivity index (χ2v) is 3.08. The molecule has 1 atom stereocenters. The van der Waals surface area contributed by atoms with Crippen LogP contribution < -0.4 is 11.1 Å². The fourth-order valence-corrected chi connectivity index (χ4v) is 1.35. The normalized spacial score (nSPS) is 28.3. The lowest BCUT2D eigenvalue weighted by molar-refractivity contribution is -0.126. The Morgan fingerprint density at radius 3 is 2.83 bits per heavy atom. The zero-order valence-electron chi connectivity index (χ0n) is 6.65. The standard InChI is InChI=1S/C7H12F2N2O/c8-7(9)1-2-11-4-5(7)3-6(10)12/h5,11H,1-4H2,(H2,10,12). The SMILES string of the molecule is NC(=O)CC1CNCCC1(F)F. The van der Waals surface area contributed by atoms with E-state index in [1.54, 1.807) is 0 Å². The number of primary amides is 1. The third kappa shape index (κ3) is 2.14. The topological polar surface area (TPSA) is 55.1 Å². The van der Waals surface area contributed by atoms with Crippen LogP contribution in [0.2, 0.25) is 0 Å². The van der Waals surface area contributed by atoms with E-state index in [1.807, 2.05) is 0 Å². The Morgan fingerprint density at radius 1 is 1.67 bits per heavy atom. The average molecular weight is 178 g/mol. The molecule has 70 valence electrons. The number of piperidine rings is 1. The number of carbonyl (C=O) groups excluding carboxylic acids is 1. The fraction of sp³-hybridized carbons (Fsp3) is 0.857. The lowest BCUT2D eigenvalue weighted by Crippen LogP contribution is -2.46. The van der Waals surface area contributed by atoms with E-state index in [9.17, 15) is 13.6 Å². The molecule has 1 saturated heterocycles. The minimum Gasteiger partial charge on any atom is -0.370 e. The molecule has 0 spiro atoms. The van der Waals surface area contributed by atoms with E-state index in [0.717, 1.165) is 0 Å². The third-order valence-electron chi connectivity index (χ3n) is 2.07. The number of nitrogens with two attached hydrogens (primary N) is 1. The van der Waals surface area contributed by atoms with Gasteiger partial charge < -0.3 is 11.1 Å². The minimum atomic E-state index is -2.74. The van der Waals surface area contributed by atoms with E-state index in [4.69, 9.17) is 5.73 Å². The van der Waals surface area contributed by atoms with Gasteiger partial charge in [0.2, 0.25) is 5.91 Å². The minimum absolute atomic E-state index is 0.177. The number of rotatable bonds is 2. The molecule has 1 aliphatic heterocycles. The molecule has 1 fully saturated rings. The molecule has 1 rings (SSSR count). The van der Waals surface area contributed by atoms with E-state index in [1.165, 1.54) is 0 Å². The number of alkyl halides is 2. The summed E-state index contributed by atoms with van der Waals surface area (Å²) in [5.74, 6) is -4.33. The van der Waals surface area contributed by atoms with Gasteiger partial charge in [0.15, 0.2) is 0 Å². The van der Waals surface area contributed by atoms with E-state index in [0.29, 0.717) is 6.54 Å². The van der Waals surface area contributed by atoms with Crippen LogP contribution in [-0.4, -0.2) is 24.9 Å². The second kappa shape index (κ2) is 3.35. The smallest absolute Gasteiger partial charge is 0.253 e. The van der Waals surface area contributed by atoms with Crippen molar-refractivity contribution < 1.29 is 13.6 Å². The van der Waals surface area contributed by atoms with E-state index in [-0.39, 0.29) is 19.4 Å². The summed E-state index contributed by atoms with van der Waals surface area (Å²) in [4.78, 5) is 10.4. The molecule has 1 unspecified atom stereocenters. The second-order valence-electron chi connectivity index (χ2n) is 3.08. The van der Waals surface area contributed by atoms with Crippen LogP contribution >= 0.6 is 0 Å². The summed E-state index contributed by atoms with van der Waals surface area (Å²) in [5.41, 5.74) is 4.84. The van der Waals surface area contributed by atoms with Gasteiger partial charge in [-0.1, -0.05) is 0 Å². The van der Waals surface area contributed by atoms with Crippen molar-refractivity contribution in [3.8, 4) is 0 Å². The van der Waals surface area contributed by atoms with Crippen molar-refractivity contribution in [2.24, 2.45) is 11.7 Å². The van der Waals surface area contributed by atoms with E-state index in [2.05, 4.69) is 5.32 Å². The molecule has 5 heteroatoms. The summed E-state index contributed by atoms with van der Waals surface area (Å²) in [6, 6.07) is 0. The van der Waals surface area contributed by atoms with Crippen LogP contribution in [0.1, 0.15) is 12.8 Å². The van der Waals surface area contributed by atoms with Crippen molar-refractivity contribution in [2.75, 3.05) is 13.1 Å². The average Bonchev–Trinajstić information content (AvgIpc) is 1.92. The summed E-state index contributed by atoms with van der Waals surface area (Å²) in [7, 11) is 0. The lowest BCUT2D eigenvalue weighted by atomic mass is 9.92. The van der Waals surface area contributed by atoms with Crippen LogP contribution in [0.5, 0.6) is 0 Å². The first-order chi connectivity index (χ1) is 5.52. The van der Waals surface area contributed by atoms with Crippen molar-refractivity contribution in [2.45, 2.75) is 18.8 Å². The van der Waals surface area contributed by atoms with Gasteiger partial charge in [-0.2, -0.15) is 0 Å². The van der Waals surface area contributed by atoms with Gasteiger partial charge in [0.05, 0.1) is 0 Å². The molecule has 1 amide bonds. The molecular weight excluding hydrogens is 166 g/mol. The van der Waals surface area contributed by atoms with Gasteiger partial charge in [-0.3, -0.25) is 4.79 Å². The van der Waals surface area contributed by atoms with Crippen LogP contribution in [0.3, 0.4) is 0 Å². The van der Waals surface area contributed by atoms with Crippen molar-refractivity contribution >= 4 is 5.91 Å². The van der Waals surface area contributed by atoms with Crippen molar-refractivity contribution in [3.63, 3.8) is 0 Å². The number of hydrogen-bond donors (Lipinski definition) is 2. The van der Waals surface area contributed by atoms with E-state index >= 15 is 0 Å². The summed E-state index contributed by atoms with van der Waals surface area (Å²) < 4.78 is 26.0. The maximum atomic E-state index is 13.0. The first kappa shape index (κ1) is 9.38. The number of halogens is 2. The number of carbonyl (C=O) groups is 1. The van der Waals surface area contributed by atoms with Crippen LogP contribution in [-0.2, 0) is 4.79 Å². The Hall–Kier alpha value is -0.710. The molecule has 0 aliphatic carbocycles. The Morgan fingerprint density at radius 2 is 2.33 bits per heavy atom. The van der Waals surface area contributed by atoms with Crippen LogP contribution in [0.4, 0.5) is 8.78 Å². The van der Waals surface area contributed by atoms with Crippen LogP contribution in [0, 0.1) is 5.92 Å². The zero-order valence-corrected chi connectivity index (χ0v) is 6.65. The molecule has 1 aliphatic rings. The van der Waals surface area contributed by atoms with Gasteiger partial charge >= 0.3 is 0 Å². The van der Waals surface area contributed by atoms with Crippen molar-refractivity contribution in [1.29, 1.82) is 0 Å². The molecule has 3 N–H and O–H groups in total. The van der Waals surface area contributed by atoms with Gasteiger partial charge in [0.1, 0.15) is 0 Å². The Balaban J connectivity index is 2.54. The van der Waals surface area contributed by atoms with Gasteiger partial charge in [0.25, 0.3) is 5.92 Å². The molecule has 0 radical (unpaired) electrons. The van der Waals surface area contributed by atoms with Gasteiger partial charge in [0, 0.05) is 31.8 Å². The van der Waals surface area contributed by atoms with Gasteiger partial charge in [-0.05, 0) is 0 Å². The van der Waals surface area contributed by atoms with Crippen molar-refractivity contribution in [3.05, 3.63) is 0 Å². The Kier molecular flexibility index (Phi) is 2.62. The third-order valence-corrected chi connectivity index (χ3v) is 2.07. The summed E-state index contributed by atoms with van der Waals surface area (Å²) in [5, 5.41) is 2.81. The number of nitrogens with one attached hydrogen (secondary N) is 1. The number of amides is 1. The van der Waals surface area contributed by atoms with Crippen LogP contribution in [0.25, 0.3) is 0 Å². The summed E-state index contributed by atoms with van der Waals surface area (Å²) >= 11 is 0. The molecule has 12 heavy (non-hydrogen) atoms. The highest BCUT2D eigenvalue weighted by molar-refractivity contribution is 5.74. The molecule has 0 aromatic rings. The number of hydrogen-bond acceptors (Lipinski definition) is 2. The first-order valence-corrected chi connectivity index (χ1v) is 3.89. The highest BCUT2D eigenvalue weighted by Crippen LogP contribution is 2.32. The highest BCUT2D eigenvalue weighted by atomic mass is 19.3. The maximum absolute atomic E-state index is 13.0. The predicted octanol–water partition coefficient (Wildman–Crippen LogP) is 0.107. The first-order valence-electron chi connectivity index (χ1n) is 3.89. The molecule has 0 saturated carbocycles. The Bertz CT molecular complexity index is 184. The molecule has 3 nitrogen and oxygen atoms in total. The van der Waals surface area contributed by atoms with Gasteiger partial charge in [-0.25, -0.2) is 8.78 Å². The quantitative estimate of drug-likeness (QED) is 0.630. The van der Waals surface area contributed by atoms with Gasteiger partial charge in [-0.15, -0.1) is 0 Å². The monoisotopic (exact) mass is 178 g/mol. The summed E-state index contributed by atoms with van der Waals surface area (Å²) in [6.45, 7) is 0.484. The van der Waals surface area contributed by atoms with E-state index < -0.39 is 17.7 Å². The zero-order chi connectivity index (χ0) is 9.19. The van der Waals surface area contributed by atoms with Crippen molar-refractivity contribution in [1.82, 2.24) is 5.32 Å². The summed E-state index contributed by atoms with van der Waals surface area (Å²) in [6.07, 6.45) is -0.440. The molecule has 0 aromatic carbocycles. The lowest BCUT2D eigenvalue weighted by Gasteiger charge is -2.30. The predicted molar refractivity (Wildman–Crippen MR) is 39.7 cm³/mol. The molecular formula is C7H12F2N2O. The highest BCUT2D eigenvalue weighted by Gasteiger charge is 2.41. The maximum Gasteiger partial charge on any atom is 0.253 e. The largest absolute Gasteiger partial charge is 0.370 e. The molecule has 0 aromatic heterocycles. The Labute approximate surface area is 69.3 Å². The molecule has 0 bridgehead atoms. The fourth-order valence-electron chi connectivity index (χ4n) is 1.35. The van der Waals surface area contributed by atoms with Crippen LogP contribution in [0.15, 0.2) is 0 Å². The molecule has 1 heterocycles.